The second-order valence-corrected chi connectivity index (χ2v) is 7.66. The minimum absolute atomic E-state index is 0.183. The number of methoxy groups -OCH3 is 2. The Labute approximate surface area is 192 Å². The van der Waals surface area contributed by atoms with Crippen LogP contribution >= 0.6 is 0 Å². The van der Waals surface area contributed by atoms with Gasteiger partial charge in [0.15, 0.2) is 22.9 Å². The van der Waals surface area contributed by atoms with E-state index in [-0.39, 0.29) is 25.4 Å². The van der Waals surface area contributed by atoms with Crippen molar-refractivity contribution in [2.75, 3.05) is 32.3 Å². The molecule has 0 fully saturated rings. The van der Waals surface area contributed by atoms with Crippen molar-refractivity contribution in [3.63, 3.8) is 0 Å². The van der Waals surface area contributed by atoms with Crippen LogP contribution in [0.15, 0.2) is 72.8 Å². The molecule has 0 aromatic heterocycles. The van der Waals surface area contributed by atoms with Gasteiger partial charge >= 0.3 is 0 Å². The number of para-hydroxylation sites is 3. The molecule has 7 nitrogen and oxygen atoms in total. The molecule has 0 radical (unpaired) electrons. The molecule has 0 bridgehead atoms. The lowest BCUT2D eigenvalue weighted by Gasteiger charge is -2.23. The maximum absolute atomic E-state index is 13.3. The van der Waals surface area contributed by atoms with Crippen LogP contribution in [0.25, 0.3) is 0 Å². The molecule has 1 aliphatic heterocycles. The molecule has 4 rings (SSSR count). The van der Waals surface area contributed by atoms with Crippen LogP contribution in [0.4, 0.5) is 5.69 Å². The first-order valence-electron chi connectivity index (χ1n) is 10.5. The Bertz CT molecular complexity index is 1160. The zero-order valence-electron chi connectivity index (χ0n) is 18.5. The number of amides is 1. The van der Waals surface area contributed by atoms with Gasteiger partial charge in [0.25, 0.3) is 5.91 Å². The van der Waals surface area contributed by atoms with Crippen molar-refractivity contribution < 1.29 is 28.9 Å². The fraction of sp³-hybridized carbons (Fsp3) is 0.231. The molecule has 1 atom stereocenters. The van der Waals surface area contributed by atoms with E-state index >= 15 is 0 Å². The van der Waals surface area contributed by atoms with Gasteiger partial charge in [-0.15, -0.1) is 0 Å². The summed E-state index contributed by atoms with van der Waals surface area (Å²) in [5.74, 6) is 0.885. The van der Waals surface area contributed by atoms with Gasteiger partial charge in [0.1, 0.15) is 12.4 Å². The van der Waals surface area contributed by atoms with Crippen LogP contribution in [-0.4, -0.2) is 44.2 Å². The van der Waals surface area contributed by atoms with E-state index in [1.54, 1.807) is 74.9 Å². The van der Waals surface area contributed by atoms with Crippen molar-refractivity contribution in [3.8, 4) is 17.2 Å². The Hall–Kier alpha value is -3.84. The molecule has 0 aliphatic carbocycles. The SMILES string of the molecule is COc1ccc(C(=O)CC2(O)C(=O)N(CCOc3ccccc3OC)c3ccccc32)cc1. The molecule has 170 valence electrons. The highest BCUT2D eigenvalue weighted by atomic mass is 16.5. The van der Waals surface area contributed by atoms with E-state index in [2.05, 4.69) is 0 Å². The average Bonchev–Trinajstić information content (AvgIpc) is 3.06. The summed E-state index contributed by atoms with van der Waals surface area (Å²) in [6.07, 6.45) is -0.362. The smallest absolute Gasteiger partial charge is 0.264 e. The van der Waals surface area contributed by atoms with Gasteiger partial charge in [0.05, 0.1) is 32.9 Å². The summed E-state index contributed by atoms with van der Waals surface area (Å²) in [7, 11) is 3.10. The highest BCUT2D eigenvalue weighted by Crippen LogP contribution is 2.42. The maximum atomic E-state index is 13.3. The van der Waals surface area contributed by atoms with Crippen molar-refractivity contribution in [1.82, 2.24) is 0 Å². The lowest BCUT2D eigenvalue weighted by atomic mass is 9.88. The molecule has 7 heteroatoms. The van der Waals surface area contributed by atoms with E-state index in [0.717, 1.165) is 0 Å². The number of hydrogen-bond acceptors (Lipinski definition) is 6. The van der Waals surface area contributed by atoms with Crippen molar-refractivity contribution in [3.05, 3.63) is 83.9 Å². The predicted molar refractivity (Wildman–Crippen MR) is 123 cm³/mol. The van der Waals surface area contributed by atoms with E-state index in [4.69, 9.17) is 14.2 Å². The first kappa shape index (κ1) is 22.4. The number of ketones is 1. The standard InChI is InChI=1S/C26H25NO6/c1-31-19-13-11-18(12-14-19)22(28)17-26(30)20-7-3-4-8-21(20)27(25(26)29)15-16-33-24-10-6-5-9-23(24)32-2/h3-14,30H,15-17H2,1-2H3. The summed E-state index contributed by atoms with van der Waals surface area (Å²) in [6, 6.07) is 20.8. The molecular weight excluding hydrogens is 422 g/mol. The van der Waals surface area contributed by atoms with Crippen LogP contribution in [-0.2, 0) is 10.4 Å². The summed E-state index contributed by atoms with van der Waals surface area (Å²) in [6.45, 7) is 0.385. The number of carbonyl (C=O) groups excluding carboxylic acids is 2. The number of benzene rings is 3. The molecule has 0 saturated heterocycles. The first-order chi connectivity index (χ1) is 16.0. The molecule has 3 aromatic rings. The fourth-order valence-corrected chi connectivity index (χ4v) is 4.00. The van der Waals surface area contributed by atoms with E-state index < -0.39 is 11.5 Å². The molecule has 0 saturated carbocycles. The van der Waals surface area contributed by atoms with Crippen LogP contribution in [0.5, 0.6) is 17.2 Å². The van der Waals surface area contributed by atoms with Gasteiger partial charge in [0.2, 0.25) is 0 Å². The van der Waals surface area contributed by atoms with Crippen LogP contribution in [0.2, 0.25) is 0 Å². The van der Waals surface area contributed by atoms with Crippen molar-refractivity contribution in [2.24, 2.45) is 0 Å². The zero-order chi connectivity index (χ0) is 23.4. The fourth-order valence-electron chi connectivity index (χ4n) is 4.00. The molecule has 1 unspecified atom stereocenters. The van der Waals surface area contributed by atoms with Crippen LogP contribution in [0, 0.1) is 0 Å². The first-order valence-corrected chi connectivity index (χ1v) is 10.5. The normalized spacial score (nSPS) is 16.9. The summed E-state index contributed by atoms with van der Waals surface area (Å²) in [4.78, 5) is 27.7. The van der Waals surface area contributed by atoms with Crippen molar-refractivity contribution in [1.29, 1.82) is 0 Å². The molecular formula is C26H25NO6. The Balaban J connectivity index is 1.52. The van der Waals surface area contributed by atoms with Gasteiger partial charge < -0.3 is 24.2 Å². The molecule has 1 N–H and O–H groups in total. The Kier molecular flexibility index (Phi) is 6.33. The number of hydrogen-bond donors (Lipinski definition) is 1. The Morgan fingerprint density at radius 3 is 2.27 bits per heavy atom. The molecule has 1 heterocycles. The van der Waals surface area contributed by atoms with Crippen LogP contribution in [0.3, 0.4) is 0 Å². The van der Waals surface area contributed by atoms with E-state index in [0.29, 0.717) is 34.1 Å². The second-order valence-electron chi connectivity index (χ2n) is 7.66. The largest absolute Gasteiger partial charge is 0.497 e. The molecule has 33 heavy (non-hydrogen) atoms. The van der Waals surface area contributed by atoms with Gasteiger partial charge in [-0.05, 0) is 42.5 Å². The van der Waals surface area contributed by atoms with Gasteiger partial charge in [0, 0.05) is 11.1 Å². The van der Waals surface area contributed by atoms with Gasteiger partial charge in [-0.3, -0.25) is 9.59 Å². The number of Topliss-reactive ketones (excluding diaryl/α,β-unsaturated/α-hetero) is 1. The lowest BCUT2D eigenvalue weighted by Crippen LogP contribution is -2.43. The molecule has 1 amide bonds. The Morgan fingerprint density at radius 1 is 0.909 bits per heavy atom. The number of aliphatic hydroxyl groups is 1. The monoisotopic (exact) mass is 447 g/mol. The van der Waals surface area contributed by atoms with Crippen LogP contribution in [0.1, 0.15) is 22.3 Å². The van der Waals surface area contributed by atoms with E-state index in [1.807, 2.05) is 12.1 Å². The summed E-state index contributed by atoms with van der Waals surface area (Å²) in [5.41, 5.74) is -0.573. The average molecular weight is 447 g/mol. The number of carbonyl (C=O) groups is 2. The van der Waals surface area contributed by atoms with Gasteiger partial charge in [-0.2, -0.15) is 0 Å². The summed E-state index contributed by atoms with van der Waals surface area (Å²) < 4.78 is 16.2. The molecule has 0 spiro atoms. The van der Waals surface area contributed by atoms with E-state index in [9.17, 15) is 14.7 Å². The molecule has 1 aliphatic rings. The number of ether oxygens (including phenoxy) is 3. The zero-order valence-corrected chi connectivity index (χ0v) is 18.5. The third kappa shape index (κ3) is 4.27. The highest BCUT2D eigenvalue weighted by Gasteiger charge is 2.50. The van der Waals surface area contributed by atoms with E-state index in [1.165, 1.54) is 4.90 Å². The number of rotatable bonds is 9. The van der Waals surface area contributed by atoms with Crippen molar-refractivity contribution >= 4 is 17.4 Å². The lowest BCUT2D eigenvalue weighted by molar-refractivity contribution is -0.135. The predicted octanol–water partition coefficient (Wildman–Crippen LogP) is 3.59. The minimum Gasteiger partial charge on any atom is -0.497 e. The number of fused-ring (bicyclic) bond motifs is 1. The third-order valence-electron chi connectivity index (χ3n) is 5.71. The number of nitrogens with zero attached hydrogens (tertiary/aromatic N) is 1. The maximum Gasteiger partial charge on any atom is 0.264 e. The quantitative estimate of drug-likeness (QED) is 0.505. The van der Waals surface area contributed by atoms with Gasteiger partial charge in [-0.1, -0.05) is 30.3 Å². The minimum atomic E-state index is -1.95. The highest BCUT2D eigenvalue weighted by molar-refractivity contribution is 6.10. The second kappa shape index (κ2) is 9.34. The third-order valence-corrected chi connectivity index (χ3v) is 5.71. The summed E-state index contributed by atoms with van der Waals surface area (Å²) >= 11 is 0. The molecule has 3 aromatic carbocycles. The Morgan fingerprint density at radius 2 is 1.58 bits per heavy atom. The van der Waals surface area contributed by atoms with Crippen LogP contribution < -0.4 is 19.1 Å². The number of anilines is 1. The van der Waals surface area contributed by atoms with Gasteiger partial charge in [-0.25, -0.2) is 0 Å². The topological polar surface area (TPSA) is 85.3 Å². The van der Waals surface area contributed by atoms with Crippen molar-refractivity contribution in [2.45, 2.75) is 12.0 Å². The summed E-state index contributed by atoms with van der Waals surface area (Å²) in [5, 5.41) is 11.4.